The van der Waals surface area contributed by atoms with Gasteiger partial charge >= 0.3 is 0 Å². The van der Waals surface area contributed by atoms with Crippen LogP contribution in [0, 0.1) is 6.92 Å². The molecule has 0 aliphatic carbocycles. The fourth-order valence-electron chi connectivity index (χ4n) is 1.70. The first-order valence-electron chi connectivity index (χ1n) is 6.22. The number of nitrogens with zero attached hydrogens (tertiary/aromatic N) is 4. The minimum atomic E-state index is -0.143. The number of aryl methyl sites for hydroxylation is 1. The van der Waals surface area contributed by atoms with E-state index in [-0.39, 0.29) is 5.54 Å². The fourth-order valence-corrected chi connectivity index (χ4v) is 1.70. The third-order valence-corrected chi connectivity index (χ3v) is 2.77. The maximum absolute atomic E-state index is 4.41. The van der Waals surface area contributed by atoms with Gasteiger partial charge in [-0.15, -0.1) is 5.10 Å². The maximum Gasteiger partial charge on any atom is 0.0969 e. The number of hydrogen-bond acceptors (Lipinski definition) is 3. The molecule has 0 radical (unpaired) electrons. The highest BCUT2D eigenvalue weighted by atomic mass is 15.4. The molecule has 1 aromatic rings. The molecule has 1 aliphatic rings. The molecule has 17 heavy (non-hydrogen) atoms. The van der Waals surface area contributed by atoms with Gasteiger partial charge in [0.15, 0.2) is 0 Å². The smallest absolute Gasteiger partial charge is 0.0969 e. The average molecular weight is 234 g/mol. The third kappa shape index (κ3) is 3.25. The van der Waals surface area contributed by atoms with Crippen LogP contribution in [0.4, 0.5) is 0 Å². The standard InChI is InChI=1S/C11H16N4.C2H6/c1-9-5-4-6-11(3,8-12-9)15-7-10(2)13-14-15;1-2/h5,7-8H,4,6H2,1-3H3;1-2H3. The van der Waals surface area contributed by atoms with Crippen molar-refractivity contribution in [3.63, 3.8) is 0 Å². The normalized spacial score (nSPS) is 23.5. The van der Waals surface area contributed by atoms with Crippen LogP contribution in [-0.4, -0.2) is 21.2 Å². The minimum Gasteiger partial charge on any atom is -0.264 e. The van der Waals surface area contributed by atoms with Crippen LogP contribution in [0.5, 0.6) is 0 Å². The van der Waals surface area contributed by atoms with Gasteiger partial charge in [0.05, 0.1) is 11.2 Å². The van der Waals surface area contributed by atoms with Gasteiger partial charge < -0.3 is 0 Å². The van der Waals surface area contributed by atoms with Gasteiger partial charge in [0.25, 0.3) is 0 Å². The zero-order valence-corrected chi connectivity index (χ0v) is 11.4. The largest absolute Gasteiger partial charge is 0.264 e. The van der Waals surface area contributed by atoms with E-state index in [2.05, 4.69) is 28.3 Å². The highest BCUT2D eigenvalue weighted by molar-refractivity contribution is 5.69. The summed E-state index contributed by atoms with van der Waals surface area (Å²) in [5.74, 6) is 0. The molecule has 0 saturated carbocycles. The second-order valence-electron chi connectivity index (χ2n) is 4.30. The van der Waals surface area contributed by atoms with E-state index in [1.54, 1.807) is 0 Å². The van der Waals surface area contributed by atoms with E-state index in [4.69, 9.17) is 0 Å². The van der Waals surface area contributed by atoms with Crippen molar-refractivity contribution >= 4 is 6.21 Å². The molecule has 1 unspecified atom stereocenters. The van der Waals surface area contributed by atoms with Crippen LogP contribution in [-0.2, 0) is 5.54 Å². The molecule has 94 valence electrons. The average Bonchev–Trinajstić information content (AvgIpc) is 2.69. The number of aliphatic imine (C=N–C) groups is 1. The van der Waals surface area contributed by atoms with Crippen molar-refractivity contribution in [1.82, 2.24) is 15.0 Å². The molecule has 1 aromatic heterocycles. The Morgan fingerprint density at radius 2 is 2.00 bits per heavy atom. The summed E-state index contributed by atoms with van der Waals surface area (Å²) in [4.78, 5) is 4.41. The topological polar surface area (TPSA) is 43.1 Å². The van der Waals surface area contributed by atoms with Gasteiger partial charge in [-0.2, -0.15) is 0 Å². The van der Waals surface area contributed by atoms with Crippen molar-refractivity contribution in [2.24, 2.45) is 4.99 Å². The first-order chi connectivity index (χ1) is 8.10. The zero-order chi connectivity index (χ0) is 12.9. The molecule has 0 amide bonds. The first kappa shape index (κ1) is 13.6. The molecular weight excluding hydrogens is 212 g/mol. The third-order valence-electron chi connectivity index (χ3n) is 2.77. The van der Waals surface area contributed by atoms with E-state index >= 15 is 0 Å². The van der Waals surface area contributed by atoms with Gasteiger partial charge in [-0.25, -0.2) is 4.68 Å². The van der Waals surface area contributed by atoms with Crippen LogP contribution in [0.2, 0.25) is 0 Å². The Balaban J connectivity index is 0.000000686. The summed E-state index contributed by atoms with van der Waals surface area (Å²) in [7, 11) is 0. The van der Waals surface area contributed by atoms with Crippen LogP contribution in [0.25, 0.3) is 0 Å². The minimum absolute atomic E-state index is 0.143. The predicted molar refractivity (Wildman–Crippen MR) is 71.2 cm³/mol. The van der Waals surface area contributed by atoms with Crippen molar-refractivity contribution in [2.45, 2.75) is 53.0 Å². The lowest BCUT2D eigenvalue weighted by Gasteiger charge is -2.23. The highest BCUT2D eigenvalue weighted by Gasteiger charge is 2.26. The molecular formula is C13H22N4. The van der Waals surface area contributed by atoms with Gasteiger partial charge in [-0.3, -0.25) is 4.99 Å². The first-order valence-corrected chi connectivity index (χ1v) is 6.22. The van der Waals surface area contributed by atoms with E-state index < -0.39 is 0 Å². The summed E-state index contributed by atoms with van der Waals surface area (Å²) in [6.07, 6.45) is 8.13. The molecule has 0 spiro atoms. The molecule has 2 heterocycles. The lowest BCUT2D eigenvalue weighted by atomic mass is 9.98. The number of rotatable bonds is 1. The van der Waals surface area contributed by atoms with Crippen molar-refractivity contribution in [1.29, 1.82) is 0 Å². The Bertz CT molecular complexity index is 417. The van der Waals surface area contributed by atoms with Crippen LogP contribution in [0.15, 0.2) is 23.0 Å². The number of hydrogen-bond donors (Lipinski definition) is 0. The molecule has 0 aromatic carbocycles. The molecule has 0 fully saturated rings. The lowest BCUT2D eigenvalue weighted by Crippen LogP contribution is -2.32. The molecule has 0 N–H and O–H groups in total. The summed E-state index contributed by atoms with van der Waals surface area (Å²) >= 11 is 0. The Morgan fingerprint density at radius 3 is 2.59 bits per heavy atom. The second-order valence-corrected chi connectivity index (χ2v) is 4.30. The van der Waals surface area contributed by atoms with E-state index in [0.29, 0.717) is 0 Å². The number of aromatic nitrogens is 3. The monoisotopic (exact) mass is 234 g/mol. The lowest BCUT2D eigenvalue weighted by molar-refractivity contribution is 0.375. The van der Waals surface area contributed by atoms with Crippen molar-refractivity contribution in [3.05, 3.63) is 23.7 Å². The Labute approximate surface area is 103 Å². The second kappa shape index (κ2) is 5.75. The molecule has 2 rings (SSSR count). The Morgan fingerprint density at radius 1 is 1.29 bits per heavy atom. The SMILES string of the molecule is CC.CC1=CCCC(C)(n2cc(C)nn2)C=N1. The van der Waals surface area contributed by atoms with Gasteiger partial charge in [0.1, 0.15) is 0 Å². The Hall–Kier alpha value is -1.45. The van der Waals surface area contributed by atoms with Crippen LogP contribution >= 0.6 is 0 Å². The van der Waals surface area contributed by atoms with Crippen molar-refractivity contribution in [2.75, 3.05) is 0 Å². The van der Waals surface area contributed by atoms with Crippen molar-refractivity contribution in [3.8, 4) is 0 Å². The predicted octanol–water partition coefficient (Wildman–Crippen LogP) is 3.10. The molecule has 1 atom stereocenters. The van der Waals surface area contributed by atoms with Gasteiger partial charge in [-0.1, -0.05) is 25.1 Å². The van der Waals surface area contributed by atoms with Crippen LogP contribution in [0.3, 0.4) is 0 Å². The quantitative estimate of drug-likeness (QED) is 0.749. The molecule has 0 bridgehead atoms. The summed E-state index contributed by atoms with van der Waals surface area (Å²) in [5, 5.41) is 8.15. The maximum atomic E-state index is 4.41. The summed E-state index contributed by atoms with van der Waals surface area (Å²) in [6.45, 7) is 10.1. The summed E-state index contributed by atoms with van der Waals surface area (Å²) in [5.41, 5.74) is 1.88. The summed E-state index contributed by atoms with van der Waals surface area (Å²) < 4.78 is 1.90. The van der Waals surface area contributed by atoms with Gasteiger partial charge in [0, 0.05) is 18.1 Å². The summed E-state index contributed by atoms with van der Waals surface area (Å²) in [6, 6.07) is 0. The van der Waals surface area contributed by atoms with E-state index in [1.165, 1.54) is 0 Å². The highest BCUT2D eigenvalue weighted by Crippen LogP contribution is 2.23. The van der Waals surface area contributed by atoms with E-state index in [0.717, 1.165) is 24.2 Å². The number of allylic oxidation sites excluding steroid dienone is 2. The van der Waals surface area contributed by atoms with E-state index in [9.17, 15) is 0 Å². The van der Waals surface area contributed by atoms with E-state index in [1.807, 2.05) is 44.8 Å². The van der Waals surface area contributed by atoms with Crippen LogP contribution in [0.1, 0.15) is 46.2 Å². The zero-order valence-electron chi connectivity index (χ0n) is 11.4. The van der Waals surface area contributed by atoms with Crippen LogP contribution < -0.4 is 0 Å². The molecule has 0 saturated heterocycles. The fraction of sp³-hybridized carbons (Fsp3) is 0.615. The van der Waals surface area contributed by atoms with Gasteiger partial charge in [0.2, 0.25) is 0 Å². The van der Waals surface area contributed by atoms with Crippen molar-refractivity contribution < 1.29 is 0 Å². The molecule has 4 nitrogen and oxygen atoms in total. The molecule has 4 heteroatoms. The molecule has 1 aliphatic heterocycles. The van der Waals surface area contributed by atoms with Gasteiger partial charge in [-0.05, 0) is 33.6 Å². The Kier molecular flexibility index (Phi) is 4.61.